The number of hydrogen-bond acceptors (Lipinski definition) is 1. The van der Waals surface area contributed by atoms with Crippen LogP contribution in [-0.4, -0.2) is 18.2 Å². The Bertz CT molecular complexity index is 75.8. The molecule has 0 unspecified atom stereocenters. The summed E-state index contributed by atoms with van der Waals surface area (Å²) in [6, 6.07) is 0. The molecule has 10 heavy (non-hydrogen) atoms. The van der Waals surface area contributed by atoms with E-state index in [0.717, 1.165) is 11.5 Å². The van der Waals surface area contributed by atoms with E-state index in [1.165, 1.54) is 0 Å². The predicted octanol–water partition coefficient (Wildman–Crippen LogP) is 3.13. The van der Waals surface area contributed by atoms with Crippen molar-refractivity contribution in [2.75, 3.05) is 18.2 Å². The van der Waals surface area contributed by atoms with Gasteiger partial charge in [0.15, 0.2) is 0 Å². The summed E-state index contributed by atoms with van der Waals surface area (Å²) in [5.41, 5.74) is 0.390. The first-order valence-corrected chi connectivity index (χ1v) is 4.85. The van der Waals surface area contributed by atoms with Gasteiger partial charge in [0.1, 0.15) is 0 Å². The van der Waals surface area contributed by atoms with Crippen molar-refractivity contribution in [1.29, 1.82) is 0 Å². The van der Waals surface area contributed by atoms with Crippen molar-refractivity contribution in [2.24, 2.45) is 5.41 Å². The van der Waals surface area contributed by atoms with E-state index in [2.05, 4.69) is 20.8 Å². The lowest BCUT2D eigenvalue weighted by Gasteiger charge is -2.16. The summed E-state index contributed by atoms with van der Waals surface area (Å²) in [6.45, 7) is 6.44. The van der Waals surface area contributed by atoms with Crippen LogP contribution in [0.4, 0.5) is 4.39 Å². The molecular weight excluding hydrogens is 147 g/mol. The molecule has 0 bridgehead atoms. The van der Waals surface area contributed by atoms with Crippen molar-refractivity contribution in [3.63, 3.8) is 0 Å². The zero-order valence-corrected chi connectivity index (χ0v) is 7.93. The van der Waals surface area contributed by atoms with Crippen LogP contribution in [0.1, 0.15) is 27.2 Å². The van der Waals surface area contributed by atoms with Crippen LogP contribution >= 0.6 is 11.8 Å². The molecule has 0 fully saturated rings. The highest BCUT2D eigenvalue weighted by Crippen LogP contribution is 2.20. The zero-order chi connectivity index (χ0) is 8.04. The molecule has 0 aromatic heterocycles. The first kappa shape index (κ1) is 10.3. The number of halogens is 1. The molecule has 0 aliphatic rings. The second kappa shape index (κ2) is 5.00. The van der Waals surface area contributed by atoms with Gasteiger partial charge in [-0.2, -0.15) is 11.8 Å². The van der Waals surface area contributed by atoms with Gasteiger partial charge in [-0.25, -0.2) is 0 Å². The molecule has 0 heterocycles. The number of rotatable bonds is 4. The van der Waals surface area contributed by atoms with Crippen molar-refractivity contribution in [2.45, 2.75) is 27.2 Å². The van der Waals surface area contributed by atoms with Crippen molar-refractivity contribution in [3.05, 3.63) is 0 Å². The van der Waals surface area contributed by atoms with Gasteiger partial charge in [-0.15, -0.1) is 0 Å². The first-order chi connectivity index (χ1) is 4.56. The molecule has 0 aliphatic carbocycles. The van der Waals surface area contributed by atoms with Crippen LogP contribution in [0.2, 0.25) is 0 Å². The molecule has 0 saturated heterocycles. The maximum atomic E-state index is 11.6. The Morgan fingerprint density at radius 1 is 1.30 bits per heavy atom. The molecule has 0 spiro atoms. The predicted molar refractivity (Wildman–Crippen MR) is 47.4 cm³/mol. The lowest BCUT2D eigenvalue weighted by atomic mass is 10.0. The summed E-state index contributed by atoms with van der Waals surface area (Å²) < 4.78 is 11.6. The Hall–Kier alpha value is 0.280. The van der Waals surface area contributed by atoms with Gasteiger partial charge >= 0.3 is 0 Å². The molecule has 0 rings (SSSR count). The summed E-state index contributed by atoms with van der Waals surface area (Å²) in [4.78, 5) is 0. The summed E-state index contributed by atoms with van der Waals surface area (Å²) in [5, 5.41) is 0. The molecule has 0 N–H and O–H groups in total. The maximum absolute atomic E-state index is 11.6. The molecule has 0 nitrogen and oxygen atoms in total. The zero-order valence-electron chi connectivity index (χ0n) is 7.11. The van der Waals surface area contributed by atoms with Crippen molar-refractivity contribution in [3.8, 4) is 0 Å². The summed E-state index contributed by atoms with van der Waals surface area (Å²) in [5.74, 6) is 2.10. The van der Waals surface area contributed by atoms with Crippen LogP contribution in [0.15, 0.2) is 0 Å². The van der Waals surface area contributed by atoms with E-state index in [-0.39, 0.29) is 6.67 Å². The molecule has 0 atom stereocenters. The van der Waals surface area contributed by atoms with E-state index in [1.807, 2.05) is 11.8 Å². The Morgan fingerprint density at radius 3 is 2.30 bits per heavy atom. The topological polar surface area (TPSA) is 0 Å². The van der Waals surface area contributed by atoms with E-state index < -0.39 is 0 Å². The lowest BCUT2D eigenvalue weighted by molar-refractivity contribution is 0.476. The Balaban J connectivity index is 3.04. The molecule has 0 amide bonds. The van der Waals surface area contributed by atoms with Crippen molar-refractivity contribution < 1.29 is 4.39 Å². The molecule has 0 aromatic carbocycles. The number of hydrogen-bond donors (Lipinski definition) is 0. The molecule has 62 valence electrons. The van der Waals surface area contributed by atoms with Gasteiger partial charge < -0.3 is 0 Å². The maximum Gasteiger partial charge on any atom is 0.0902 e. The summed E-state index contributed by atoms with van der Waals surface area (Å²) >= 11 is 1.84. The first-order valence-electron chi connectivity index (χ1n) is 3.70. The van der Waals surface area contributed by atoms with E-state index in [4.69, 9.17) is 0 Å². The second-order valence-electron chi connectivity index (χ2n) is 3.66. The Morgan fingerprint density at radius 2 is 1.90 bits per heavy atom. The highest BCUT2D eigenvalue weighted by Gasteiger charge is 2.08. The van der Waals surface area contributed by atoms with Crippen molar-refractivity contribution in [1.82, 2.24) is 0 Å². The molecule has 0 aliphatic heterocycles. The number of alkyl halides is 1. The third-order valence-electron chi connectivity index (χ3n) is 0.957. The van der Waals surface area contributed by atoms with E-state index >= 15 is 0 Å². The molecule has 2 heteroatoms. The van der Waals surface area contributed by atoms with E-state index in [0.29, 0.717) is 11.8 Å². The molecule has 0 aromatic rings. The van der Waals surface area contributed by atoms with Gasteiger partial charge in [0.05, 0.1) is 6.67 Å². The van der Waals surface area contributed by atoms with Gasteiger partial charge in [-0.1, -0.05) is 20.8 Å². The van der Waals surface area contributed by atoms with Crippen molar-refractivity contribution >= 4 is 11.8 Å². The van der Waals surface area contributed by atoms with Crippen LogP contribution in [0.3, 0.4) is 0 Å². The van der Waals surface area contributed by atoms with Gasteiger partial charge in [-0.05, 0) is 23.3 Å². The fraction of sp³-hybridized carbons (Fsp3) is 1.00. The summed E-state index contributed by atoms with van der Waals surface area (Å²) in [7, 11) is 0. The third kappa shape index (κ3) is 8.28. The van der Waals surface area contributed by atoms with Crippen LogP contribution in [0, 0.1) is 5.41 Å². The van der Waals surface area contributed by atoms with Crippen LogP contribution in [0.25, 0.3) is 0 Å². The number of thioether (sulfide) groups is 1. The van der Waals surface area contributed by atoms with E-state index in [9.17, 15) is 4.39 Å². The smallest absolute Gasteiger partial charge is 0.0902 e. The van der Waals surface area contributed by atoms with Gasteiger partial charge in [0.25, 0.3) is 0 Å². The molecule has 0 saturated carbocycles. The monoisotopic (exact) mass is 164 g/mol. The molecular formula is C8H17FS. The fourth-order valence-electron chi connectivity index (χ4n) is 0.535. The van der Waals surface area contributed by atoms with Gasteiger partial charge in [0, 0.05) is 0 Å². The largest absolute Gasteiger partial charge is 0.251 e. The minimum atomic E-state index is -0.170. The average Bonchev–Trinajstić information content (AvgIpc) is 1.78. The highest BCUT2D eigenvalue weighted by molar-refractivity contribution is 7.99. The van der Waals surface area contributed by atoms with Gasteiger partial charge in [0.2, 0.25) is 0 Å². The van der Waals surface area contributed by atoms with Crippen LogP contribution in [-0.2, 0) is 0 Å². The quantitative estimate of drug-likeness (QED) is 0.575. The second-order valence-corrected chi connectivity index (χ2v) is 4.76. The molecule has 0 radical (unpaired) electrons. The van der Waals surface area contributed by atoms with Crippen LogP contribution in [0.5, 0.6) is 0 Å². The minimum Gasteiger partial charge on any atom is -0.251 e. The van der Waals surface area contributed by atoms with Gasteiger partial charge in [-0.3, -0.25) is 4.39 Å². The standard InChI is InChI=1S/C8H17FS/c1-8(2,3)7-10-6-4-5-9/h4-7H2,1-3H3. The minimum absolute atomic E-state index is 0.170. The lowest BCUT2D eigenvalue weighted by Crippen LogP contribution is -2.08. The normalized spacial score (nSPS) is 12.0. The van der Waals surface area contributed by atoms with E-state index in [1.54, 1.807) is 0 Å². The Labute approximate surface area is 67.6 Å². The summed E-state index contributed by atoms with van der Waals surface area (Å²) in [6.07, 6.45) is 0.709. The fourth-order valence-corrected chi connectivity index (χ4v) is 1.60. The average molecular weight is 164 g/mol. The Kier molecular flexibility index (Phi) is 5.14. The SMILES string of the molecule is CC(C)(C)CSCCCF. The third-order valence-corrected chi connectivity index (χ3v) is 2.60. The highest BCUT2D eigenvalue weighted by atomic mass is 32.2. The van der Waals surface area contributed by atoms with Crippen LogP contribution < -0.4 is 0 Å².